The molecular formula is C37H36O3. The number of rotatable bonds is 10. The third-order valence-electron chi connectivity index (χ3n) is 9.29. The summed E-state index contributed by atoms with van der Waals surface area (Å²) in [5, 5.41) is 0. The van der Waals surface area contributed by atoms with E-state index in [2.05, 4.69) is 97.1 Å². The Morgan fingerprint density at radius 1 is 0.550 bits per heavy atom. The highest BCUT2D eigenvalue weighted by molar-refractivity contribution is 5.84. The van der Waals surface area contributed by atoms with Gasteiger partial charge < -0.3 is 9.53 Å². The molecule has 0 amide bonds. The molecule has 3 heteroatoms. The van der Waals surface area contributed by atoms with E-state index in [4.69, 9.17) is 4.74 Å². The van der Waals surface area contributed by atoms with Crippen molar-refractivity contribution in [3.63, 3.8) is 0 Å². The van der Waals surface area contributed by atoms with Gasteiger partial charge in [0.1, 0.15) is 5.78 Å². The van der Waals surface area contributed by atoms with Crippen LogP contribution in [0.5, 0.6) is 0 Å². The fourth-order valence-electron chi connectivity index (χ4n) is 7.52. The van der Waals surface area contributed by atoms with Crippen molar-refractivity contribution in [3.8, 4) is 22.3 Å². The van der Waals surface area contributed by atoms with Crippen LogP contribution in [0.15, 0.2) is 97.1 Å². The van der Waals surface area contributed by atoms with Gasteiger partial charge in [0.25, 0.3) is 0 Å². The van der Waals surface area contributed by atoms with Gasteiger partial charge in [-0.2, -0.15) is 0 Å². The van der Waals surface area contributed by atoms with E-state index in [9.17, 15) is 9.59 Å². The number of ketones is 1. The monoisotopic (exact) mass is 528 g/mol. The third kappa shape index (κ3) is 4.20. The lowest BCUT2D eigenvalue weighted by molar-refractivity contribution is -0.143. The molecule has 0 bridgehead atoms. The Morgan fingerprint density at radius 3 is 1.25 bits per heavy atom. The van der Waals surface area contributed by atoms with Crippen molar-refractivity contribution in [2.45, 2.75) is 63.2 Å². The molecule has 0 aromatic heterocycles. The van der Waals surface area contributed by atoms with Crippen molar-refractivity contribution in [1.29, 1.82) is 0 Å². The van der Waals surface area contributed by atoms with Crippen molar-refractivity contribution in [3.05, 3.63) is 119 Å². The number of hydrogen-bond donors (Lipinski definition) is 0. The molecule has 0 aliphatic heterocycles. The molecule has 0 fully saturated rings. The average Bonchev–Trinajstić information content (AvgIpc) is 3.43. The summed E-state index contributed by atoms with van der Waals surface area (Å²) in [4.78, 5) is 25.1. The summed E-state index contributed by atoms with van der Waals surface area (Å²) >= 11 is 0. The minimum Gasteiger partial charge on any atom is -0.466 e. The molecule has 2 aliphatic carbocycles. The third-order valence-corrected chi connectivity index (χ3v) is 9.29. The smallest absolute Gasteiger partial charge is 0.305 e. The molecule has 0 saturated heterocycles. The summed E-state index contributed by atoms with van der Waals surface area (Å²) < 4.78 is 5.40. The Labute approximate surface area is 237 Å². The molecule has 0 saturated carbocycles. The fourth-order valence-corrected chi connectivity index (χ4v) is 7.52. The number of esters is 1. The quantitative estimate of drug-likeness (QED) is 0.194. The molecule has 0 radical (unpaired) electrons. The number of carbonyl (C=O) groups is 2. The molecule has 0 unspecified atom stereocenters. The van der Waals surface area contributed by atoms with Gasteiger partial charge in [-0.25, -0.2) is 0 Å². The van der Waals surface area contributed by atoms with E-state index >= 15 is 0 Å². The van der Waals surface area contributed by atoms with E-state index in [1.54, 1.807) is 6.92 Å². The van der Waals surface area contributed by atoms with Crippen molar-refractivity contribution in [1.82, 2.24) is 0 Å². The molecule has 2 aliphatic rings. The summed E-state index contributed by atoms with van der Waals surface area (Å²) in [7, 11) is 0. The van der Waals surface area contributed by atoms with Gasteiger partial charge in [-0.05, 0) is 84.0 Å². The Balaban J connectivity index is 1.49. The topological polar surface area (TPSA) is 43.4 Å². The van der Waals surface area contributed by atoms with E-state index in [1.807, 2.05) is 6.92 Å². The van der Waals surface area contributed by atoms with Crippen LogP contribution in [0.4, 0.5) is 0 Å². The number of ether oxygens (including phenoxy) is 1. The first kappa shape index (κ1) is 26.3. The van der Waals surface area contributed by atoms with Crippen molar-refractivity contribution in [2.24, 2.45) is 0 Å². The van der Waals surface area contributed by atoms with Crippen LogP contribution >= 0.6 is 0 Å². The largest absolute Gasteiger partial charge is 0.466 e. The van der Waals surface area contributed by atoms with E-state index in [-0.39, 0.29) is 22.6 Å². The zero-order valence-corrected chi connectivity index (χ0v) is 23.4. The Hall–Kier alpha value is -3.98. The SMILES string of the molecule is CCOC(=O)CCC1(CCC2(CCC(C)=O)c3ccccc3-c3ccccc32)c2ccccc2-c2ccccc21. The van der Waals surface area contributed by atoms with Gasteiger partial charge in [0.2, 0.25) is 0 Å². The summed E-state index contributed by atoms with van der Waals surface area (Å²) in [6.45, 7) is 3.95. The highest BCUT2D eigenvalue weighted by Crippen LogP contribution is 2.59. The van der Waals surface area contributed by atoms with Gasteiger partial charge >= 0.3 is 5.97 Å². The van der Waals surface area contributed by atoms with Gasteiger partial charge in [0.15, 0.2) is 0 Å². The van der Waals surface area contributed by atoms with Crippen LogP contribution in [-0.2, 0) is 25.2 Å². The van der Waals surface area contributed by atoms with Gasteiger partial charge in [-0.3, -0.25) is 4.79 Å². The minimum absolute atomic E-state index is 0.147. The van der Waals surface area contributed by atoms with Crippen molar-refractivity contribution in [2.75, 3.05) is 6.61 Å². The number of benzene rings is 4. The first-order valence-electron chi connectivity index (χ1n) is 14.5. The van der Waals surface area contributed by atoms with Crippen molar-refractivity contribution >= 4 is 11.8 Å². The normalized spacial score (nSPS) is 15.1. The second kappa shape index (κ2) is 10.5. The second-order valence-electron chi connectivity index (χ2n) is 11.4. The van der Waals surface area contributed by atoms with Crippen LogP contribution in [0.1, 0.15) is 74.6 Å². The van der Waals surface area contributed by atoms with E-state index < -0.39 is 0 Å². The van der Waals surface area contributed by atoms with Crippen LogP contribution in [-0.4, -0.2) is 18.4 Å². The summed E-state index contributed by atoms with van der Waals surface area (Å²) in [5.41, 5.74) is 9.68. The van der Waals surface area contributed by atoms with Crippen LogP contribution in [0.25, 0.3) is 22.3 Å². The number of hydrogen-bond acceptors (Lipinski definition) is 3. The second-order valence-corrected chi connectivity index (χ2v) is 11.4. The Kier molecular flexibility index (Phi) is 6.92. The van der Waals surface area contributed by atoms with Gasteiger partial charge in [0.05, 0.1) is 6.61 Å². The molecule has 4 aromatic rings. The molecule has 6 rings (SSSR count). The maximum atomic E-state index is 12.7. The first-order valence-corrected chi connectivity index (χ1v) is 14.5. The lowest BCUT2D eigenvalue weighted by atomic mass is 9.64. The van der Waals surface area contributed by atoms with Crippen LogP contribution in [0.2, 0.25) is 0 Å². The lowest BCUT2D eigenvalue weighted by Gasteiger charge is -2.38. The highest BCUT2D eigenvalue weighted by Gasteiger charge is 2.48. The minimum atomic E-state index is -0.324. The van der Waals surface area contributed by atoms with E-state index in [1.165, 1.54) is 44.5 Å². The maximum Gasteiger partial charge on any atom is 0.305 e. The molecule has 202 valence electrons. The van der Waals surface area contributed by atoms with Crippen molar-refractivity contribution < 1.29 is 14.3 Å². The predicted molar refractivity (Wildman–Crippen MR) is 160 cm³/mol. The molecule has 0 heterocycles. The van der Waals surface area contributed by atoms with Gasteiger partial charge in [-0.15, -0.1) is 0 Å². The fraction of sp³-hybridized carbons (Fsp3) is 0.297. The van der Waals surface area contributed by atoms with E-state index in [0.29, 0.717) is 25.9 Å². The number of fused-ring (bicyclic) bond motifs is 6. The molecule has 40 heavy (non-hydrogen) atoms. The average molecular weight is 529 g/mol. The highest BCUT2D eigenvalue weighted by atomic mass is 16.5. The van der Waals surface area contributed by atoms with E-state index in [0.717, 1.165) is 19.3 Å². The lowest BCUT2D eigenvalue weighted by Crippen LogP contribution is -2.33. The Bertz CT molecular complexity index is 1490. The molecular weight excluding hydrogens is 492 g/mol. The molecule has 0 spiro atoms. The molecule has 0 atom stereocenters. The zero-order valence-electron chi connectivity index (χ0n) is 23.4. The number of Topliss-reactive ketones (excluding diaryl/α,β-unsaturated/α-hetero) is 1. The zero-order chi connectivity index (χ0) is 27.7. The molecule has 3 nitrogen and oxygen atoms in total. The van der Waals surface area contributed by atoms with Crippen LogP contribution in [0, 0.1) is 0 Å². The summed E-state index contributed by atoms with van der Waals surface area (Å²) in [6, 6.07) is 34.8. The van der Waals surface area contributed by atoms with Crippen LogP contribution in [0.3, 0.4) is 0 Å². The first-order chi connectivity index (χ1) is 19.5. The number of carbonyl (C=O) groups excluding carboxylic acids is 2. The maximum absolute atomic E-state index is 12.7. The Morgan fingerprint density at radius 2 is 0.900 bits per heavy atom. The molecule has 0 N–H and O–H groups in total. The summed E-state index contributed by atoms with van der Waals surface area (Å²) in [5.74, 6) is 0.0707. The van der Waals surface area contributed by atoms with Crippen LogP contribution < -0.4 is 0 Å². The molecule has 4 aromatic carbocycles. The van der Waals surface area contributed by atoms with Gasteiger partial charge in [-0.1, -0.05) is 97.1 Å². The summed E-state index contributed by atoms with van der Waals surface area (Å²) in [6.07, 6.45) is 4.09. The predicted octanol–water partition coefficient (Wildman–Crippen LogP) is 8.41. The van der Waals surface area contributed by atoms with Gasteiger partial charge in [0, 0.05) is 23.7 Å². The standard InChI is InChI=1S/C37H36O3/c1-3-40-35(39)21-23-37(33-18-10-6-14-29(33)30-15-7-11-19-34(30)37)25-24-36(22-20-26(2)38)31-16-8-4-12-27(31)28-13-5-9-17-32(28)36/h4-19H,3,20-25H2,1-2H3.